The number of halogens is 2. The zero-order valence-electron chi connectivity index (χ0n) is 17.8. The van der Waals surface area contributed by atoms with Gasteiger partial charge in [0, 0.05) is 24.4 Å². The summed E-state index contributed by atoms with van der Waals surface area (Å²) in [5, 5.41) is 0.660. The van der Waals surface area contributed by atoms with Crippen LogP contribution in [0.3, 0.4) is 0 Å². The van der Waals surface area contributed by atoms with E-state index in [-0.39, 0.29) is 28.7 Å². The molecule has 0 N–H and O–H groups in total. The van der Waals surface area contributed by atoms with Gasteiger partial charge in [-0.05, 0) is 42.5 Å². The number of carbonyl (C=O) groups excluding carboxylic acids is 2. The molecule has 1 aromatic rings. The number of ketones is 1. The number of likely N-dealkylation sites (N-methyl/N-ethyl adjacent to an activating group) is 1. The molecule has 0 saturated carbocycles. The molecule has 31 heavy (non-hydrogen) atoms. The topological polar surface area (TPSA) is 68.2 Å². The average molecular weight is 465 g/mol. The second kappa shape index (κ2) is 8.83. The van der Waals surface area contributed by atoms with Gasteiger partial charge in [0.1, 0.15) is 17.4 Å². The van der Waals surface area contributed by atoms with E-state index in [0.29, 0.717) is 42.8 Å². The van der Waals surface area contributed by atoms with Crippen molar-refractivity contribution >= 4 is 46.4 Å². The molecule has 166 valence electrons. The maximum Gasteiger partial charge on any atom is 0.260 e. The van der Waals surface area contributed by atoms with Crippen LogP contribution >= 0.6 is 23.2 Å². The Labute approximate surface area is 192 Å². The van der Waals surface area contributed by atoms with Crippen molar-refractivity contribution in [2.75, 3.05) is 33.4 Å². The first-order chi connectivity index (χ1) is 14.8. The fourth-order valence-corrected chi connectivity index (χ4v) is 5.32. The Kier molecular flexibility index (Phi) is 6.31. The number of nitrogens with zero attached hydrogens (tertiary/aromatic N) is 2. The van der Waals surface area contributed by atoms with Crippen molar-refractivity contribution in [1.82, 2.24) is 4.90 Å². The van der Waals surface area contributed by atoms with E-state index < -0.39 is 0 Å². The Morgan fingerprint density at radius 3 is 2.87 bits per heavy atom. The predicted molar refractivity (Wildman–Crippen MR) is 121 cm³/mol. The van der Waals surface area contributed by atoms with Gasteiger partial charge in [-0.15, -0.1) is 0 Å². The van der Waals surface area contributed by atoms with Crippen molar-refractivity contribution < 1.29 is 19.1 Å². The van der Waals surface area contributed by atoms with Gasteiger partial charge in [-0.1, -0.05) is 36.5 Å². The third-order valence-corrected chi connectivity index (χ3v) is 7.16. The van der Waals surface area contributed by atoms with Gasteiger partial charge < -0.3 is 14.4 Å². The Hall–Kier alpha value is -2.05. The number of carbonyl (C=O) groups is 2. The van der Waals surface area contributed by atoms with Crippen LogP contribution in [0.4, 0.5) is 0 Å². The van der Waals surface area contributed by atoms with Crippen LogP contribution in [0, 0.1) is 5.41 Å². The predicted octanol–water partition coefficient (Wildman–Crippen LogP) is 4.35. The van der Waals surface area contributed by atoms with Gasteiger partial charge in [-0.25, -0.2) is 0 Å². The summed E-state index contributed by atoms with van der Waals surface area (Å²) < 4.78 is 11.1. The van der Waals surface area contributed by atoms with Crippen LogP contribution in [0.5, 0.6) is 5.75 Å². The van der Waals surface area contributed by atoms with Crippen molar-refractivity contribution in [3.8, 4) is 5.75 Å². The Morgan fingerprint density at radius 1 is 1.35 bits per heavy atom. The molecule has 4 rings (SSSR count). The first-order valence-corrected chi connectivity index (χ1v) is 11.4. The zero-order chi connectivity index (χ0) is 22.2. The highest BCUT2D eigenvalue weighted by Gasteiger charge is 2.45. The minimum absolute atomic E-state index is 0.0748. The quantitative estimate of drug-likeness (QED) is 0.601. The lowest BCUT2D eigenvalue weighted by Crippen LogP contribution is -2.35. The lowest BCUT2D eigenvalue weighted by molar-refractivity contribution is -0.131. The van der Waals surface area contributed by atoms with E-state index in [9.17, 15) is 9.59 Å². The molecule has 1 heterocycles. The third-order valence-electron chi connectivity index (χ3n) is 6.31. The fourth-order valence-electron chi connectivity index (χ4n) is 4.80. The molecule has 1 atom stereocenters. The highest BCUT2D eigenvalue weighted by molar-refractivity contribution is 6.44. The number of hydrogen-bond acceptors (Lipinski definition) is 5. The standard InChI is InChI=1S/C23H26Cl2N2O4/c1-3-5-23-6-4-15(28)10-16(23)20-14(11-23)9-17(21(24)22(20)25)31-13-19(29)27(2)12-18-26-7-8-30-18/h9-10H,3-8,11-13H2,1-2H3. The number of aliphatic imine (C=N–C) groups is 1. The molecule has 1 aromatic carbocycles. The number of rotatable bonds is 7. The Balaban J connectivity index is 1.54. The Morgan fingerprint density at radius 2 is 2.16 bits per heavy atom. The molecule has 0 radical (unpaired) electrons. The lowest BCUT2D eigenvalue weighted by atomic mass is 9.70. The van der Waals surface area contributed by atoms with Crippen LogP contribution in [0.15, 0.2) is 17.1 Å². The number of amides is 1. The summed E-state index contributed by atoms with van der Waals surface area (Å²) in [6.07, 6.45) is 5.93. The van der Waals surface area contributed by atoms with Gasteiger partial charge >= 0.3 is 0 Å². The van der Waals surface area contributed by atoms with Gasteiger partial charge in [0.15, 0.2) is 12.4 Å². The number of ether oxygens (including phenoxy) is 2. The fraction of sp³-hybridized carbons (Fsp3) is 0.522. The van der Waals surface area contributed by atoms with Crippen LogP contribution in [-0.4, -0.2) is 55.8 Å². The highest BCUT2D eigenvalue weighted by atomic mass is 35.5. The molecule has 3 aliphatic rings. The molecular formula is C23H26Cl2N2O4. The van der Waals surface area contributed by atoms with Gasteiger partial charge in [0.2, 0.25) is 5.90 Å². The molecular weight excluding hydrogens is 439 g/mol. The average Bonchev–Trinajstić information content (AvgIpc) is 3.35. The smallest absolute Gasteiger partial charge is 0.260 e. The van der Waals surface area contributed by atoms with Gasteiger partial charge in [0.05, 0.1) is 18.1 Å². The third kappa shape index (κ3) is 4.20. The normalized spacial score (nSPS) is 21.7. The second-order valence-corrected chi connectivity index (χ2v) is 9.19. The number of fused-ring (bicyclic) bond motifs is 3. The molecule has 8 heteroatoms. The second-order valence-electron chi connectivity index (χ2n) is 8.43. The summed E-state index contributed by atoms with van der Waals surface area (Å²) >= 11 is 13.2. The largest absolute Gasteiger partial charge is 0.482 e. The van der Waals surface area contributed by atoms with E-state index in [1.165, 1.54) is 4.90 Å². The summed E-state index contributed by atoms with van der Waals surface area (Å²) in [4.78, 5) is 30.3. The minimum Gasteiger partial charge on any atom is -0.482 e. The van der Waals surface area contributed by atoms with E-state index in [4.69, 9.17) is 32.7 Å². The molecule has 0 bridgehead atoms. The maximum atomic E-state index is 12.5. The first-order valence-electron chi connectivity index (χ1n) is 10.6. The van der Waals surface area contributed by atoms with Crippen LogP contribution in [-0.2, 0) is 20.7 Å². The lowest BCUT2D eigenvalue weighted by Gasteiger charge is -2.33. The van der Waals surface area contributed by atoms with Crippen LogP contribution in [0.2, 0.25) is 10.0 Å². The molecule has 0 saturated heterocycles. The highest BCUT2D eigenvalue weighted by Crippen LogP contribution is 2.58. The molecule has 0 spiro atoms. The molecule has 2 aliphatic carbocycles. The van der Waals surface area contributed by atoms with Crippen LogP contribution in [0.25, 0.3) is 5.57 Å². The van der Waals surface area contributed by atoms with Crippen LogP contribution in [0.1, 0.15) is 43.7 Å². The number of benzene rings is 1. The molecule has 1 amide bonds. The molecule has 1 aliphatic heterocycles. The van der Waals surface area contributed by atoms with E-state index in [0.717, 1.165) is 42.4 Å². The first kappa shape index (κ1) is 22.2. The van der Waals surface area contributed by atoms with Crippen molar-refractivity contribution in [1.29, 1.82) is 0 Å². The van der Waals surface area contributed by atoms with E-state index >= 15 is 0 Å². The molecule has 0 fully saturated rings. The molecule has 0 aromatic heterocycles. The number of allylic oxidation sites excluding steroid dienone is 2. The monoisotopic (exact) mass is 464 g/mol. The summed E-state index contributed by atoms with van der Waals surface area (Å²) in [6.45, 7) is 3.47. The van der Waals surface area contributed by atoms with Gasteiger partial charge in [0.25, 0.3) is 5.91 Å². The van der Waals surface area contributed by atoms with Gasteiger partial charge in [-0.2, -0.15) is 0 Å². The summed E-state index contributed by atoms with van der Waals surface area (Å²) in [5.74, 6) is 0.863. The minimum atomic E-state index is -0.213. The van der Waals surface area contributed by atoms with Crippen LogP contribution < -0.4 is 4.74 Å². The van der Waals surface area contributed by atoms with Crippen molar-refractivity contribution in [3.63, 3.8) is 0 Å². The summed E-state index contributed by atoms with van der Waals surface area (Å²) in [6, 6.07) is 1.88. The van der Waals surface area contributed by atoms with Gasteiger partial charge in [-0.3, -0.25) is 14.6 Å². The molecule has 6 nitrogen and oxygen atoms in total. The summed E-state index contributed by atoms with van der Waals surface area (Å²) in [7, 11) is 1.68. The SMILES string of the molecule is CCCC12CCC(=O)C=C1c1c(cc(OCC(=O)N(C)CC3=NCCO3)c(Cl)c1Cl)C2. The van der Waals surface area contributed by atoms with E-state index in [1.54, 1.807) is 13.1 Å². The van der Waals surface area contributed by atoms with Crippen molar-refractivity contribution in [2.24, 2.45) is 10.4 Å². The maximum absolute atomic E-state index is 12.5. The van der Waals surface area contributed by atoms with E-state index in [1.807, 2.05) is 6.07 Å². The Bertz CT molecular complexity index is 988. The zero-order valence-corrected chi connectivity index (χ0v) is 19.3. The summed E-state index contributed by atoms with van der Waals surface area (Å²) in [5.41, 5.74) is 2.81. The number of hydrogen-bond donors (Lipinski definition) is 0. The van der Waals surface area contributed by atoms with E-state index in [2.05, 4.69) is 11.9 Å². The van der Waals surface area contributed by atoms with Crippen molar-refractivity contribution in [3.05, 3.63) is 33.3 Å². The van der Waals surface area contributed by atoms with Crippen molar-refractivity contribution in [2.45, 2.75) is 39.0 Å². The molecule has 1 unspecified atom stereocenters.